The molecular formula is C26H34O2. The monoisotopic (exact) mass is 378 g/mol. The summed E-state index contributed by atoms with van der Waals surface area (Å²) in [7, 11) is 0. The summed E-state index contributed by atoms with van der Waals surface area (Å²) >= 11 is 0. The highest BCUT2D eigenvalue weighted by Crippen LogP contribution is 2.48. The van der Waals surface area contributed by atoms with Gasteiger partial charge >= 0.3 is 5.97 Å². The summed E-state index contributed by atoms with van der Waals surface area (Å²) in [6, 6.07) is 12.3. The Hall–Kier alpha value is -2.09. The van der Waals surface area contributed by atoms with Gasteiger partial charge in [-0.25, -0.2) is 4.79 Å². The van der Waals surface area contributed by atoms with Crippen molar-refractivity contribution < 1.29 is 9.90 Å². The van der Waals surface area contributed by atoms with Crippen LogP contribution in [0, 0.1) is 12.8 Å². The van der Waals surface area contributed by atoms with Crippen molar-refractivity contribution in [3.05, 3.63) is 69.8 Å². The Kier molecular flexibility index (Phi) is 5.20. The van der Waals surface area contributed by atoms with Crippen molar-refractivity contribution in [2.75, 3.05) is 0 Å². The first-order valence-corrected chi connectivity index (χ1v) is 10.4. The molecule has 150 valence electrons. The fraction of sp³-hybridized carbons (Fsp3) is 0.500. The van der Waals surface area contributed by atoms with Gasteiger partial charge in [-0.3, -0.25) is 0 Å². The molecule has 0 aliphatic heterocycles. The normalized spacial score (nSPS) is 18.6. The Bertz CT molecular complexity index is 885. The van der Waals surface area contributed by atoms with Gasteiger partial charge in [0.25, 0.3) is 0 Å². The van der Waals surface area contributed by atoms with E-state index >= 15 is 0 Å². The number of carbonyl (C=O) groups is 1. The van der Waals surface area contributed by atoms with Crippen molar-refractivity contribution in [2.45, 2.75) is 78.1 Å². The molecule has 0 saturated heterocycles. The van der Waals surface area contributed by atoms with E-state index in [2.05, 4.69) is 60.6 Å². The Balaban J connectivity index is 2.16. The maximum Gasteiger partial charge on any atom is 0.335 e. The first-order valence-electron chi connectivity index (χ1n) is 10.4. The third-order valence-electron chi connectivity index (χ3n) is 6.76. The summed E-state index contributed by atoms with van der Waals surface area (Å²) in [5.74, 6) is -0.192. The van der Waals surface area contributed by atoms with Gasteiger partial charge in [0.2, 0.25) is 0 Å². The average Bonchev–Trinajstić information content (AvgIpc) is 2.60. The Morgan fingerprint density at radius 2 is 1.43 bits per heavy atom. The fourth-order valence-electron chi connectivity index (χ4n) is 4.83. The maximum absolute atomic E-state index is 11.2. The molecule has 1 unspecified atom stereocenters. The van der Waals surface area contributed by atoms with Crippen molar-refractivity contribution >= 4 is 5.97 Å². The van der Waals surface area contributed by atoms with E-state index in [9.17, 15) is 9.90 Å². The van der Waals surface area contributed by atoms with E-state index < -0.39 is 5.97 Å². The van der Waals surface area contributed by atoms with Crippen molar-refractivity contribution in [1.82, 2.24) is 0 Å². The summed E-state index contributed by atoms with van der Waals surface area (Å²) < 4.78 is 0. The third kappa shape index (κ3) is 3.62. The quantitative estimate of drug-likeness (QED) is 0.633. The number of aryl methyl sites for hydroxylation is 1. The highest BCUT2D eigenvalue weighted by Gasteiger charge is 2.38. The maximum atomic E-state index is 11.2. The molecule has 0 bridgehead atoms. The first kappa shape index (κ1) is 20.6. The molecule has 1 aliphatic rings. The molecule has 0 heterocycles. The van der Waals surface area contributed by atoms with Gasteiger partial charge < -0.3 is 5.11 Å². The van der Waals surface area contributed by atoms with Crippen molar-refractivity contribution in [3.8, 4) is 0 Å². The molecule has 2 heteroatoms. The Morgan fingerprint density at radius 3 is 1.89 bits per heavy atom. The second-order valence-electron chi connectivity index (χ2n) is 10.2. The van der Waals surface area contributed by atoms with Crippen LogP contribution in [0.4, 0.5) is 0 Å². The van der Waals surface area contributed by atoms with E-state index in [0.29, 0.717) is 11.5 Å². The smallest absolute Gasteiger partial charge is 0.335 e. The summed E-state index contributed by atoms with van der Waals surface area (Å²) in [5.41, 5.74) is 7.62. The molecule has 0 saturated carbocycles. The van der Waals surface area contributed by atoms with Crippen LogP contribution in [0.5, 0.6) is 0 Å². The second kappa shape index (κ2) is 7.06. The molecular weight excluding hydrogens is 344 g/mol. The van der Waals surface area contributed by atoms with Crippen molar-refractivity contribution in [1.29, 1.82) is 0 Å². The molecule has 1 N–H and O–H groups in total. The number of fused-ring (bicyclic) bond motifs is 1. The Labute approximate surface area is 170 Å². The zero-order valence-corrected chi connectivity index (χ0v) is 18.4. The molecule has 2 aromatic carbocycles. The molecule has 1 aliphatic carbocycles. The SMILES string of the molecule is Cc1cc2c(cc1C(c1ccc(C(=O)O)cc1)C(C)C)C(C)(C)CCC2(C)C. The molecule has 28 heavy (non-hydrogen) atoms. The number of benzene rings is 2. The van der Waals surface area contributed by atoms with Crippen LogP contribution in [0.15, 0.2) is 36.4 Å². The lowest BCUT2D eigenvalue weighted by molar-refractivity contribution is 0.0697. The molecule has 2 aromatic rings. The lowest BCUT2D eigenvalue weighted by atomic mass is 9.62. The zero-order chi connectivity index (χ0) is 20.9. The fourth-order valence-corrected chi connectivity index (χ4v) is 4.83. The number of carboxylic acids is 1. The average molecular weight is 379 g/mol. The van der Waals surface area contributed by atoms with Crippen LogP contribution in [0.2, 0.25) is 0 Å². The van der Waals surface area contributed by atoms with Crippen LogP contribution >= 0.6 is 0 Å². The summed E-state index contributed by atoms with van der Waals surface area (Å²) in [6.45, 7) is 16.2. The van der Waals surface area contributed by atoms with Crippen LogP contribution in [0.25, 0.3) is 0 Å². The van der Waals surface area contributed by atoms with Crippen molar-refractivity contribution in [2.24, 2.45) is 5.92 Å². The van der Waals surface area contributed by atoms with Gasteiger partial charge in [-0.2, -0.15) is 0 Å². The molecule has 0 fully saturated rings. The molecule has 0 aromatic heterocycles. The van der Waals surface area contributed by atoms with Crippen LogP contribution < -0.4 is 0 Å². The third-order valence-corrected chi connectivity index (χ3v) is 6.76. The molecule has 0 radical (unpaired) electrons. The van der Waals surface area contributed by atoms with Gasteiger partial charge in [-0.05, 0) is 76.5 Å². The van der Waals surface area contributed by atoms with Crippen LogP contribution in [-0.2, 0) is 10.8 Å². The Morgan fingerprint density at radius 1 is 0.929 bits per heavy atom. The number of aromatic carboxylic acids is 1. The van der Waals surface area contributed by atoms with Crippen molar-refractivity contribution in [3.63, 3.8) is 0 Å². The van der Waals surface area contributed by atoms with E-state index in [1.54, 1.807) is 12.1 Å². The summed E-state index contributed by atoms with van der Waals surface area (Å²) in [4.78, 5) is 11.2. The number of hydrogen-bond acceptors (Lipinski definition) is 1. The molecule has 1 atom stereocenters. The van der Waals surface area contributed by atoms with Gasteiger partial charge in [-0.1, -0.05) is 65.8 Å². The molecule has 0 amide bonds. The van der Waals surface area contributed by atoms with E-state index in [4.69, 9.17) is 0 Å². The minimum absolute atomic E-state index is 0.183. The number of carboxylic acid groups (broad SMARTS) is 1. The highest BCUT2D eigenvalue weighted by molar-refractivity contribution is 5.87. The standard InChI is InChI=1S/C26H34O2/c1-16(2)23(18-8-10-19(11-9-18)24(27)28)20-15-22-21(14-17(20)3)25(4,5)12-13-26(22,6)7/h8-11,14-16,23H,12-13H2,1-7H3,(H,27,28). The van der Waals surface area contributed by atoms with Gasteiger partial charge in [-0.15, -0.1) is 0 Å². The van der Waals surface area contributed by atoms with Crippen LogP contribution in [0.1, 0.15) is 98.5 Å². The lowest BCUT2D eigenvalue weighted by Crippen LogP contribution is -2.34. The minimum Gasteiger partial charge on any atom is -0.478 e. The van der Waals surface area contributed by atoms with Gasteiger partial charge in [0.05, 0.1) is 5.56 Å². The largest absolute Gasteiger partial charge is 0.478 e. The molecule has 3 rings (SSSR count). The van der Waals surface area contributed by atoms with Crippen LogP contribution in [0.3, 0.4) is 0 Å². The summed E-state index contributed by atoms with van der Waals surface area (Å²) in [5, 5.41) is 9.22. The zero-order valence-electron chi connectivity index (χ0n) is 18.4. The van der Waals surface area contributed by atoms with E-state index in [0.717, 1.165) is 0 Å². The second-order valence-corrected chi connectivity index (χ2v) is 10.2. The minimum atomic E-state index is -0.874. The van der Waals surface area contributed by atoms with Gasteiger partial charge in [0.1, 0.15) is 0 Å². The van der Waals surface area contributed by atoms with Gasteiger partial charge in [0.15, 0.2) is 0 Å². The number of rotatable bonds is 4. The summed E-state index contributed by atoms with van der Waals surface area (Å²) in [6.07, 6.45) is 2.42. The molecule has 2 nitrogen and oxygen atoms in total. The van der Waals surface area contributed by atoms with E-state index in [1.807, 2.05) is 12.1 Å². The first-order chi connectivity index (χ1) is 12.9. The van der Waals surface area contributed by atoms with E-state index in [-0.39, 0.29) is 16.7 Å². The molecule has 0 spiro atoms. The lowest BCUT2D eigenvalue weighted by Gasteiger charge is -2.43. The topological polar surface area (TPSA) is 37.3 Å². The van der Waals surface area contributed by atoms with Crippen LogP contribution in [-0.4, -0.2) is 11.1 Å². The van der Waals surface area contributed by atoms with E-state index in [1.165, 1.54) is 40.7 Å². The predicted octanol–water partition coefficient (Wildman–Crippen LogP) is 6.83. The predicted molar refractivity (Wildman–Crippen MR) is 117 cm³/mol. The number of hydrogen-bond donors (Lipinski definition) is 1. The van der Waals surface area contributed by atoms with Gasteiger partial charge in [0, 0.05) is 5.92 Å². The highest BCUT2D eigenvalue weighted by atomic mass is 16.4.